The Bertz CT molecular complexity index is 472. The predicted octanol–water partition coefficient (Wildman–Crippen LogP) is 0.782. The number of nitrogen functional groups attached to an aromatic ring is 1. The molecule has 2 atom stereocenters. The van der Waals surface area contributed by atoms with E-state index in [0.717, 1.165) is 25.9 Å². The van der Waals surface area contributed by atoms with Gasteiger partial charge in [0.2, 0.25) is 5.91 Å². The van der Waals surface area contributed by atoms with Gasteiger partial charge in [0.05, 0.1) is 16.5 Å². The van der Waals surface area contributed by atoms with Gasteiger partial charge in [-0.15, -0.1) is 0 Å². The topological polar surface area (TPSA) is 76.3 Å². The van der Waals surface area contributed by atoms with Gasteiger partial charge in [0.1, 0.15) is 5.25 Å². The Morgan fingerprint density at radius 3 is 2.78 bits per heavy atom. The van der Waals surface area contributed by atoms with E-state index in [4.69, 9.17) is 5.73 Å². The highest BCUT2D eigenvalue weighted by Gasteiger charge is 2.29. The first-order valence-corrected chi connectivity index (χ1v) is 7.22. The van der Waals surface area contributed by atoms with Crippen molar-refractivity contribution in [2.45, 2.75) is 30.0 Å². The van der Waals surface area contributed by atoms with Gasteiger partial charge < -0.3 is 10.6 Å². The van der Waals surface area contributed by atoms with Crippen molar-refractivity contribution in [1.29, 1.82) is 0 Å². The fourth-order valence-corrected chi connectivity index (χ4v) is 3.16. The second-order valence-electron chi connectivity index (χ2n) is 4.37. The van der Waals surface area contributed by atoms with Crippen LogP contribution in [0.15, 0.2) is 23.4 Å². The molecule has 1 amide bonds. The largest absolute Gasteiger partial charge is 0.396 e. The zero-order valence-electron chi connectivity index (χ0n) is 10.3. The number of hydrogen-bond donors (Lipinski definition) is 1. The Labute approximate surface area is 109 Å². The van der Waals surface area contributed by atoms with Gasteiger partial charge in [-0.3, -0.25) is 9.00 Å². The normalized spacial score (nSPS) is 18.6. The van der Waals surface area contributed by atoms with Crippen molar-refractivity contribution < 1.29 is 9.00 Å². The zero-order chi connectivity index (χ0) is 13.1. The Morgan fingerprint density at radius 2 is 2.17 bits per heavy atom. The number of amides is 1. The van der Waals surface area contributed by atoms with E-state index < -0.39 is 16.0 Å². The molecular weight excluding hydrogens is 250 g/mol. The van der Waals surface area contributed by atoms with Crippen LogP contribution in [-0.4, -0.2) is 38.3 Å². The molecule has 0 radical (unpaired) electrons. The molecule has 2 heterocycles. The third-order valence-electron chi connectivity index (χ3n) is 3.08. The third-order valence-corrected chi connectivity index (χ3v) is 4.64. The number of carbonyl (C=O) groups is 1. The molecule has 0 aliphatic carbocycles. The number of aromatic nitrogens is 1. The number of likely N-dealkylation sites (tertiary alicyclic amines) is 1. The van der Waals surface area contributed by atoms with Crippen LogP contribution in [0.5, 0.6) is 0 Å². The second kappa shape index (κ2) is 5.48. The van der Waals surface area contributed by atoms with E-state index in [0.29, 0.717) is 10.7 Å². The highest BCUT2D eigenvalue weighted by molar-refractivity contribution is 7.86. The molecule has 2 unspecified atom stereocenters. The Kier molecular flexibility index (Phi) is 3.96. The van der Waals surface area contributed by atoms with Crippen LogP contribution in [0.4, 0.5) is 5.69 Å². The first-order valence-electron chi connectivity index (χ1n) is 6.01. The Morgan fingerprint density at radius 1 is 1.50 bits per heavy atom. The summed E-state index contributed by atoms with van der Waals surface area (Å²) in [6.45, 7) is 3.20. The summed E-state index contributed by atoms with van der Waals surface area (Å²) < 4.78 is 12.3. The van der Waals surface area contributed by atoms with Crippen molar-refractivity contribution in [2.75, 3.05) is 18.8 Å². The molecule has 1 aromatic rings. The monoisotopic (exact) mass is 267 g/mol. The number of nitrogens with zero attached hydrogens (tertiary/aromatic N) is 2. The van der Waals surface area contributed by atoms with Crippen molar-refractivity contribution in [3.05, 3.63) is 18.3 Å². The minimum Gasteiger partial charge on any atom is -0.396 e. The van der Waals surface area contributed by atoms with Crippen LogP contribution in [-0.2, 0) is 15.6 Å². The highest BCUT2D eigenvalue weighted by Crippen LogP contribution is 2.18. The number of rotatable bonds is 3. The molecule has 1 saturated heterocycles. The lowest BCUT2D eigenvalue weighted by atomic mass is 10.4. The molecule has 0 saturated carbocycles. The molecule has 0 aromatic carbocycles. The van der Waals surface area contributed by atoms with Gasteiger partial charge in [0, 0.05) is 19.3 Å². The fraction of sp³-hybridized carbons (Fsp3) is 0.500. The zero-order valence-corrected chi connectivity index (χ0v) is 11.2. The molecule has 1 aromatic heterocycles. The van der Waals surface area contributed by atoms with Gasteiger partial charge in [-0.1, -0.05) is 0 Å². The van der Waals surface area contributed by atoms with Gasteiger partial charge in [-0.05, 0) is 31.9 Å². The third kappa shape index (κ3) is 2.53. The van der Waals surface area contributed by atoms with Gasteiger partial charge >= 0.3 is 0 Å². The summed E-state index contributed by atoms with van der Waals surface area (Å²) >= 11 is 0. The first kappa shape index (κ1) is 13.0. The molecule has 6 heteroatoms. The van der Waals surface area contributed by atoms with Crippen LogP contribution in [0, 0.1) is 0 Å². The second-order valence-corrected chi connectivity index (χ2v) is 6.06. The van der Waals surface area contributed by atoms with Crippen molar-refractivity contribution >= 4 is 22.4 Å². The Balaban J connectivity index is 2.13. The van der Waals surface area contributed by atoms with Crippen molar-refractivity contribution in [1.82, 2.24) is 9.88 Å². The van der Waals surface area contributed by atoms with Gasteiger partial charge in [-0.25, -0.2) is 4.98 Å². The minimum atomic E-state index is -1.49. The van der Waals surface area contributed by atoms with Crippen molar-refractivity contribution in [3.8, 4) is 0 Å². The smallest absolute Gasteiger partial charge is 0.238 e. The summed E-state index contributed by atoms with van der Waals surface area (Å²) in [6, 6.07) is 3.33. The van der Waals surface area contributed by atoms with Crippen LogP contribution in [0.1, 0.15) is 19.8 Å². The molecule has 1 aliphatic heterocycles. The van der Waals surface area contributed by atoms with E-state index in [1.54, 1.807) is 24.0 Å². The summed E-state index contributed by atoms with van der Waals surface area (Å²) in [5, 5.41) is -0.294. The first-order chi connectivity index (χ1) is 8.61. The highest BCUT2D eigenvalue weighted by atomic mass is 32.2. The average Bonchev–Trinajstić information content (AvgIpc) is 2.90. The number of pyridine rings is 1. The molecule has 1 aliphatic rings. The number of anilines is 1. The average molecular weight is 267 g/mol. The molecule has 0 bridgehead atoms. The van der Waals surface area contributed by atoms with E-state index in [1.807, 2.05) is 0 Å². The van der Waals surface area contributed by atoms with Gasteiger partial charge in [0.15, 0.2) is 5.03 Å². The maximum Gasteiger partial charge on any atom is 0.238 e. The van der Waals surface area contributed by atoms with Crippen molar-refractivity contribution in [2.24, 2.45) is 0 Å². The molecular formula is C12H17N3O2S. The predicted molar refractivity (Wildman–Crippen MR) is 70.3 cm³/mol. The van der Waals surface area contributed by atoms with Crippen LogP contribution in [0.3, 0.4) is 0 Å². The van der Waals surface area contributed by atoms with E-state index in [-0.39, 0.29) is 5.91 Å². The molecule has 2 rings (SSSR count). The number of hydrogen-bond acceptors (Lipinski definition) is 4. The molecule has 0 spiro atoms. The van der Waals surface area contributed by atoms with E-state index >= 15 is 0 Å². The van der Waals surface area contributed by atoms with Crippen molar-refractivity contribution in [3.63, 3.8) is 0 Å². The standard InChI is InChI=1S/C12H17N3O2S/c1-9(12(16)15-7-2-3-8-15)18(17)11-10(13)5-4-6-14-11/h4-6,9H,2-3,7-8,13H2,1H3. The Hall–Kier alpha value is -1.43. The lowest BCUT2D eigenvalue weighted by Gasteiger charge is -2.19. The maximum atomic E-state index is 12.3. The van der Waals surface area contributed by atoms with E-state index in [1.165, 1.54) is 6.20 Å². The van der Waals surface area contributed by atoms with Crippen LogP contribution in [0.2, 0.25) is 0 Å². The molecule has 2 N–H and O–H groups in total. The number of nitrogens with two attached hydrogens (primary N) is 1. The lowest BCUT2D eigenvalue weighted by Crippen LogP contribution is -2.38. The van der Waals surface area contributed by atoms with E-state index in [9.17, 15) is 9.00 Å². The summed E-state index contributed by atoms with van der Waals surface area (Å²) in [4.78, 5) is 17.9. The molecule has 98 valence electrons. The van der Waals surface area contributed by atoms with Crippen LogP contribution in [0.25, 0.3) is 0 Å². The van der Waals surface area contributed by atoms with Gasteiger partial charge in [-0.2, -0.15) is 0 Å². The van der Waals surface area contributed by atoms with E-state index in [2.05, 4.69) is 4.98 Å². The maximum absolute atomic E-state index is 12.3. The quantitative estimate of drug-likeness (QED) is 0.878. The molecule has 5 nitrogen and oxygen atoms in total. The lowest BCUT2D eigenvalue weighted by molar-refractivity contribution is -0.129. The number of carbonyl (C=O) groups excluding carboxylic acids is 1. The SMILES string of the molecule is CC(C(=O)N1CCCC1)S(=O)c1ncccc1N. The molecule has 18 heavy (non-hydrogen) atoms. The summed E-state index contributed by atoms with van der Waals surface area (Å²) in [7, 11) is -1.49. The summed E-state index contributed by atoms with van der Waals surface area (Å²) in [6.07, 6.45) is 3.59. The van der Waals surface area contributed by atoms with Gasteiger partial charge in [0.25, 0.3) is 0 Å². The minimum absolute atomic E-state index is 0.0733. The van der Waals surface area contributed by atoms with Crippen LogP contribution >= 0.6 is 0 Å². The van der Waals surface area contributed by atoms with Crippen LogP contribution < -0.4 is 5.73 Å². The summed E-state index contributed by atoms with van der Waals surface area (Å²) in [5.41, 5.74) is 6.10. The summed E-state index contributed by atoms with van der Waals surface area (Å²) in [5.74, 6) is -0.0733. The molecule has 1 fully saturated rings. The fourth-order valence-electron chi connectivity index (χ4n) is 2.02.